The fourth-order valence-corrected chi connectivity index (χ4v) is 4.89. The highest BCUT2D eigenvalue weighted by atomic mass is 16.5. The van der Waals surface area contributed by atoms with Gasteiger partial charge < -0.3 is 30.0 Å². The van der Waals surface area contributed by atoms with Gasteiger partial charge in [-0.2, -0.15) is 5.10 Å². The molecule has 5 rings (SSSR count). The van der Waals surface area contributed by atoms with E-state index in [4.69, 9.17) is 14.2 Å². The molecule has 1 unspecified atom stereocenters. The smallest absolute Gasteiger partial charge is 0.337 e. The first-order chi connectivity index (χ1) is 21.1. The summed E-state index contributed by atoms with van der Waals surface area (Å²) in [6, 6.07) is 20.3. The normalized spacial score (nSPS) is 13.4. The Morgan fingerprint density at radius 2 is 1.95 bits per heavy atom. The number of aliphatic hydroxyl groups excluding tert-OH is 1. The largest absolute Gasteiger partial charge is 0.489 e. The Morgan fingerprint density at radius 1 is 1.16 bits per heavy atom. The minimum absolute atomic E-state index is 0.123. The van der Waals surface area contributed by atoms with Crippen LogP contribution in [0.25, 0.3) is 11.4 Å². The molecular formula is C33H37N5O6. The van der Waals surface area contributed by atoms with Crippen LogP contribution in [-0.4, -0.2) is 57.5 Å². The Balaban J connectivity index is 1.24. The molecule has 4 aromatic rings. The van der Waals surface area contributed by atoms with E-state index in [1.54, 1.807) is 30.3 Å². The Kier molecular flexibility index (Phi) is 9.26. The molecule has 1 amide bonds. The fourth-order valence-electron chi connectivity index (χ4n) is 4.89. The third-order valence-corrected chi connectivity index (χ3v) is 7.44. The molecule has 44 heavy (non-hydrogen) atoms. The van der Waals surface area contributed by atoms with E-state index in [-0.39, 0.29) is 24.6 Å². The number of hydrogen-bond donors (Lipinski definition) is 3. The number of fused-ring (bicyclic) bond motifs is 1. The zero-order valence-electron chi connectivity index (χ0n) is 25.3. The van der Waals surface area contributed by atoms with Crippen molar-refractivity contribution in [1.82, 2.24) is 20.1 Å². The molecule has 0 saturated heterocycles. The van der Waals surface area contributed by atoms with Crippen molar-refractivity contribution in [3.63, 3.8) is 0 Å². The van der Waals surface area contributed by atoms with E-state index in [1.165, 1.54) is 7.11 Å². The van der Waals surface area contributed by atoms with Gasteiger partial charge in [-0.15, -0.1) is 0 Å². The first kappa shape index (κ1) is 30.7. The number of benzene rings is 3. The van der Waals surface area contributed by atoms with Crippen LogP contribution in [0.2, 0.25) is 0 Å². The highest BCUT2D eigenvalue weighted by molar-refractivity contribution is 5.96. The van der Waals surface area contributed by atoms with Gasteiger partial charge in [-0.3, -0.25) is 4.79 Å². The number of rotatable bonds is 12. The molecule has 0 fully saturated rings. The molecule has 0 aliphatic carbocycles. The van der Waals surface area contributed by atoms with Gasteiger partial charge in [-0.1, -0.05) is 42.5 Å². The Hall–Kier alpha value is -4.74. The molecule has 0 saturated carbocycles. The molecule has 11 heteroatoms. The number of aryl methyl sites for hydroxylation is 2. The Bertz CT molecular complexity index is 1640. The van der Waals surface area contributed by atoms with Crippen molar-refractivity contribution in [2.75, 3.05) is 25.6 Å². The van der Waals surface area contributed by atoms with E-state index < -0.39 is 12.1 Å². The molecule has 1 aromatic heterocycles. The molecule has 3 N–H and O–H groups in total. The maximum absolute atomic E-state index is 12.0. The van der Waals surface area contributed by atoms with Gasteiger partial charge in [0, 0.05) is 35.8 Å². The molecule has 0 bridgehead atoms. The Morgan fingerprint density at radius 3 is 2.73 bits per heavy atom. The summed E-state index contributed by atoms with van der Waals surface area (Å²) in [5.41, 5.74) is 2.79. The first-order valence-electron chi connectivity index (χ1n) is 14.4. The molecule has 2 heterocycles. The summed E-state index contributed by atoms with van der Waals surface area (Å²) in [7, 11) is 1.35. The summed E-state index contributed by atoms with van der Waals surface area (Å²) in [6.45, 7) is 7.04. The number of carbonyl (C=O) groups is 2. The van der Waals surface area contributed by atoms with E-state index in [2.05, 4.69) is 34.6 Å². The predicted octanol–water partition coefficient (Wildman–Crippen LogP) is 4.44. The summed E-state index contributed by atoms with van der Waals surface area (Å²) in [4.78, 5) is 28.6. The van der Waals surface area contributed by atoms with Gasteiger partial charge in [-0.05, 0) is 51.0 Å². The maximum atomic E-state index is 12.0. The van der Waals surface area contributed by atoms with Crippen LogP contribution in [0.15, 0.2) is 66.7 Å². The number of nitrogens with one attached hydrogen (secondary N) is 2. The van der Waals surface area contributed by atoms with E-state index in [9.17, 15) is 14.7 Å². The van der Waals surface area contributed by atoms with Crippen LogP contribution >= 0.6 is 0 Å². The van der Waals surface area contributed by atoms with E-state index in [1.807, 2.05) is 48.0 Å². The molecule has 11 nitrogen and oxygen atoms in total. The topological polar surface area (TPSA) is 137 Å². The average Bonchev–Trinajstić information content (AvgIpc) is 3.41. The number of hydrogen-bond acceptors (Lipinski definition) is 9. The number of β-amino-alcohol motifs (C(OH)–C–C–N with tert-alkyl or cyclic N) is 1. The minimum Gasteiger partial charge on any atom is -0.489 e. The molecule has 1 aliphatic heterocycles. The van der Waals surface area contributed by atoms with Crippen molar-refractivity contribution in [2.45, 2.75) is 52.0 Å². The minimum atomic E-state index is -0.930. The van der Waals surface area contributed by atoms with Crippen LogP contribution in [-0.2, 0) is 22.7 Å². The van der Waals surface area contributed by atoms with Crippen molar-refractivity contribution < 1.29 is 28.9 Å². The van der Waals surface area contributed by atoms with Crippen molar-refractivity contribution in [1.29, 1.82) is 0 Å². The van der Waals surface area contributed by atoms with Gasteiger partial charge in [0.1, 0.15) is 23.9 Å². The lowest BCUT2D eigenvalue weighted by Crippen LogP contribution is -2.42. The SMILES string of the molecule is COC(=O)c1cccc(-c2nc(C)n(CCC(C)(C)NCC(O)c3cc(OCc4ccccc4)cc4c3OCC(=O)N4)n2)c1. The van der Waals surface area contributed by atoms with Gasteiger partial charge in [0.15, 0.2) is 12.4 Å². The van der Waals surface area contributed by atoms with E-state index in [0.29, 0.717) is 53.7 Å². The number of amides is 1. The highest BCUT2D eigenvalue weighted by Gasteiger charge is 2.27. The lowest BCUT2D eigenvalue weighted by atomic mass is 9.99. The molecule has 0 spiro atoms. The lowest BCUT2D eigenvalue weighted by Gasteiger charge is -2.29. The zero-order valence-corrected chi connectivity index (χ0v) is 25.3. The maximum Gasteiger partial charge on any atom is 0.337 e. The molecular weight excluding hydrogens is 562 g/mol. The van der Waals surface area contributed by atoms with E-state index in [0.717, 1.165) is 17.0 Å². The van der Waals surface area contributed by atoms with Crippen molar-refractivity contribution >= 4 is 17.6 Å². The number of methoxy groups -OCH3 is 1. The molecule has 1 atom stereocenters. The summed E-state index contributed by atoms with van der Waals surface area (Å²) in [5.74, 6) is 1.55. The molecule has 1 aliphatic rings. The number of esters is 1. The number of anilines is 1. The zero-order chi connectivity index (χ0) is 31.3. The number of ether oxygens (including phenoxy) is 3. The third kappa shape index (κ3) is 7.42. The molecule has 230 valence electrons. The third-order valence-electron chi connectivity index (χ3n) is 7.44. The quantitative estimate of drug-likeness (QED) is 0.202. The van der Waals surface area contributed by atoms with Crippen LogP contribution in [0, 0.1) is 6.92 Å². The summed E-state index contributed by atoms with van der Waals surface area (Å²) >= 11 is 0. The number of nitrogens with zero attached hydrogens (tertiary/aromatic N) is 3. The predicted molar refractivity (Wildman–Crippen MR) is 165 cm³/mol. The van der Waals surface area contributed by atoms with Crippen LogP contribution < -0.4 is 20.1 Å². The summed E-state index contributed by atoms with van der Waals surface area (Å²) in [5, 5.41) is 22.2. The average molecular weight is 600 g/mol. The van der Waals surface area contributed by atoms with Crippen molar-refractivity contribution in [3.8, 4) is 22.9 Å². The van der Waals surface area contributed by atoms with Crippen molar-refractivity contribution in [2.24, 2.45) is 0 Å². The van der Waals surface area contributed by atoms with Gasteiger partial charge in [0.2, 0.25) is 0 Å². The van der Waals surface area contributed by atoms with Crippen LogP contribution in [0.5, 0.6) is 11.5 Å². The van der Waals surface area contributed by atoms with Gasteiger partial charge >= 0.3 is 5.97 Å². The lowest BCUT2D eigenvalue weighted by molar-refractivity contribution is -0.118. The van der Waals surface area contributed by atoms with Gasteiger partial charge in [-0.25, -0.2) is 14.5 Å². The van der Waals surface area contributed by atoms with Crippen LogP contribution in [0.1, 0.15) is 53.7 Å². The summed E-state index contributed by atoms with van der Waals surface area (Å²) in [6.07, 6.45) is -0.240. The van der Waals surface area contributed by atoms with Gasteiger partial charge in [0.05, 0.1) is 24.5 Å². The standard InChI is InChI=1S/C33H37N5O6/c1-21-35-31(23-11-8-12-24(15-23)32(41)42-4)37-38(21)14-13-33(2,3)34-18-28(39)26-16-25(43-19-22-9-6-5-7-10-22)17-27-30(26)44-20-29(40)36-27/h5-12,15-17,28,34,39H,13-14,18-20H2,1-4H3,(H,36,40). The molecule has 0 radical (unpaired) electrons. The van der Waals surface area contributed by atoms with Crippen LogP contribution in [0.4, 0.5) is 5.69 Å². The monoisotopic (exact) mass is 599 g/mol. The summed E-state index contributed by atoms with van der Waals surface area (Å²) < 4.78 is 18.4. The number of carbonyl (C=O) groups excluding carboxylic acids is 2. The first-order valence-corrected chi connectivity index (χ1v) is 14.4. The van der Waals surface area contributed by atoms with E-state index >= 15 is 0 Å². The number of aromatic nitrogens is 3. The second kappa shape index (κ2) is 13.3. The number of aliphatic hydroxyl groups is 1. The Labute approximate surface area is 256 Å². The van der Waals surface area contributed by atoms with Crippen LogP contribution in [0.3, 0.4) is 0 Å². The highest BCUT2D eigenvalue weighted by Crippen LogP contribution is 2.39. The molecule has 3 aromatic carbocycles. The second-order valence-electron chi connectivity index (χ2n) is 11.3. The fraction of sp³-hybridized carbons (Fsp3) is 0.333. The second-order valence-corrected chi connectivity index (χ2v) is 11.3. The van der Waals surface area contributed by atoms with Gasteiger partial charge in [0.25, 0.3) is 5.91 Å². The van der Waals surface area contributed by atoms with Crippen molar-refractivity contribution in [3.05, 3.63) is 89.2 Å².